The van der Waals surface area contributed by atoms with E-state index >= 15 is 0 Å². The summed E-state index contributed by atoms with van der Waals surface area (Å²) in [7, 11) is 4.19. The van der Waals surface area contributed by atoms with Crippen LogP contribution in [0.3, 0.4) is 0 Å². The molecule has 8 rings (SSSR count). The van der Waals surface area contributed by atoms with E-state index in [1.807, 2.05) is 0 Å². The molecule has 2 heteroatoms. The van der Waals surface area contributed by atoms with Crippen molar-refractivity contribution in [2.75, 3.05) is 19.0 Å². The molecule has 3 aliphatic carbocycles. The lowest BCUT2D eigenvalue weighted by Gasteiger charge is -2.50. The first-order valence-corrected chi connectivity index (χ1v) is 16.6. The summed E-state index contributed by atoms with van der Waals surface area (Å²) < 4.78 is 7.60. The molecule has 4 aromatic rings. The number of anilines is 1. The summed E-state index contributed by atoms with van der Waals surface area (Å²) in [6, 6.07) is 38.3. The number of ether oxygens (including phenoxy) is 1. The van der Waals surface area contributed by atoms with Crippen molar-refractivity contribution in [2.24, 2.45) is 5.92 Å². The van der Waals surface area contributed by atoms with E-state index in [4.69, 9.17) is 4.74 Å². The molecular weight excluding hydrogens is 534 g/mol. The van der Waals surface area contributed by atoms with E-state index in [1.165, 1.54) is 72.9 Å². The van der Waals surface area contributed by atoms with Gasteiger partial charge in [-0.05, 0) is 53.3 Å². The standard InChI is InChI=1S/C42H43NO/c1-40-35-19-11-10-18-33(35)38-34(39(40)41(27-14-5-4-6-15-28-41)37-21-13-12-20-36(37)40)26-29-42(44-38,30-16-8-7-9-17-30)31-22-24-32(25-23-31)43(2)3/h7-13,16-26,29,39H,4-6,14-15,27-28H2,1-3H3. The van der Waals surface area contributed by atoms with Crippen molar-refractivity contribution < 1.29 is 4.74 Å². The molecule has 3 unspecified atom stereocenters. The summed E-state index contributed by atoms with van der Waals surface area (Å²) in [5, 5.41) is 0. The Labute approximate surface area is 263 Å². The van der Waals surface area contributed by atoms with Crippen LogP contribution in [0.25, 0.3) is 5.76 Å². The zero-order valence-corrected chi connectivity index (χ0v) is 26.4. The smallest absolute Gasteiger partial charge is 0.178 e. The van der Waals surface area contributed by atoms with Gasteiger partial charge in [-0.3, -0.25) is 0 Å². The molecule has 0 bridgehead atoms. The number of hydrogen-bond acceptors (Lipinski definition) is 2. The summed E-state index contributed by atoms with van der Waals surface area (Å²) in [5.74, 6) is 1.40. The number of nitrogens with zero attached hydrogens (tertiary/aromatic N) is 1. The molecule has 44 heavy (non-hydrogen) atoms. The summed E-state index contributed by atoms with van der Waals surface area (Å²) in [6.07, 6.45) is 14.0. The second-order valence-corrected chi connectivity index (χ2v) is 13.9. The molecule has 3 atom stereocenters. The average Bonchev–Trinajstić information content (AvgIpc) is 3.29. The van der Waals surface area contributed by atoms with Gasteiger partial charge in [0.1, 0.15) is 5.76 Å². The highest BCUT2D eigenvalue weighted by Gasteiger charge is 2.62. The fourth-order valence-electron chi connectivity index (χ4n) is 9.52. The van der Waals surface area contributed by atoms with Crippen molar-refractivity contribution in [1.82, 2.24) is 0 Å². The van der Waals surface area contributed by atoms with Crippen LogP contribution in [-0.4, -0.2) is 14.1 Å². The van der Waals surface area contributed by atoms with E-state index in [9.17, 15) is 0 Å². The van der Waals surface area contributed by atoms with Crippen LogP contribution >= 0.6 is 0 Å². The van der Waals surface area contributed by atoms with Gasteiger partial charge in [0, 0.05) is 53.2 Å². The highest BCUT2D eigenvalue weighted by atomic mass is 16.5. The van der Waals surface area contributed by atoms with Gasteiger partial charge < -0.3 is 9.64 Å². The fourth-order valence-corrected chi connectivity index (χ4v) is 9.52. The van der Waals surface area contributed by atoms with Gasteiger partial charge in [-0.1, -0.05) is 136 Å². The van der Waals surface area contributed by atoms with Crippen LogP contribution < -0.4 is 4.90 Å². The van der Waals surface area contributed by atoms with Crippen LogP contribution in [0, 0.1) is 5.92 Å². The number of benzene rings is 4. The predicted octanol–water partition coefficient (Wildman–Crippen LogP) is 9.93. The largest absolute Gasteiger partial charge is 0.473 e. The van der Waals surface area contributed by atoms with Gasteiger partial charge >= 0.3 is 0 Å². The highest BCUT2D eigenvalue weighted by Crippen LogP contribution is 2.67. The maximum absolute atomic E-state index is 7.60. The van der Waals surface area contributed by atoms with Crippen LogP contribution in [0.15, 0.2) is 121 Å². The zero-order chi connectivity index (χ0) is 29.9. The Morgan fingerprint density at radius 3 is 1.93 bits per heavy atom. The van der Waals surface area contributed by atoms with Gasteiger partial charge in [-0.15, -0.1) is 0 Å². The van der Waals surface area contributed by atoms with Gasteiger partial charge in [0.15, 0.2) is 5.60 Å². The summed E-state index contributed by atoms with van der Waals surface area (Å²) in [4.78, 5) is 2.15. The number of hydrogen-bond donors (Lipinski definition) is 0. The normalized spacial score (nSPS) is 26.5. The molecule has 4 aromatic carbocycles. The molecule has 222 valence electrons. The maximum Gasteiger partial charge on any atom is 0.178 e. The van der Waals surface area contributed by atoms with Gasteiger partial charge in [0.05, 0.1) is 0 Å². The zero-order valence-electron chi connectivity index (χ0n) is 26.4. The van der Waals surface area contributed by atoms with Gasteiger partial charge in [0.2, 0.25) is 0 Å². The number of fused-ring (bicyclic) bond motifs is 9. The van der Waals surface area contributed by atoms with E-state index in [0.29, 0.717) is 5.92 Å². The predicted molar refractivity (Wildman–Crippen MR) is 182 cm³/mol. The van der Waals surface area contributed by atoms with Gasteiger partial charge in [-0.25, -0.2) is 0 Å². The van der Waals surface area contributed by atoms with Crippen LogP contribution in [0.5, 0.6) is 0 Å². The van der Waals surface area contributed by atoms with Crippen molar-refractivity contribution in [3.63, 3.8) is 0 Å². The Morgan fingerprint density at radius 1 is 0.636 bits per heavy atom. The first-order chi connectivity index (χ1) is 21.5. The molecule has 0 saturated heterocycles. The molecule has 4 aliphatic rings. The molecule has 1 spiro atoms. The molecule has 1 saturated carbocycles. The van der Waals surface area contributed by atoms with E-state index in [0.717, 1.165) is 16.9 Å². The average molecular weight is 578 g/mol. The molecule has 0 aromatic heterocycles. The Hall–Kier alpha value is -4.04. The van der Waals surface area contributed by atoms with Crippen molar-refractivity contribution in [3.8, 4) is 0 Å². The van der Waals surface area contributed by atoms with Crippen LogP contribution in [-0.2, 0) is 21.2 Å². The fraction of sp³-hybridized carbons (Fsp3) is 0.333. The monoisotopic (exact) mass is 577 g/mol. The number of allylic oxidation sites excluding steroid dienone is 2. The highest BCUT2D eigenvalue weighted by molar-refractivity contribution is 5.80. The molecule has 1 heterocycles. The van der Waals surface area contributed by atoms with Gasteiger partial charge in [-0.2, -0.15) is 0 Å². The minimum absolute atomic E-state index is 0.105. The molecular formula is C42H43NO. The second kappa shape index (κ2) is 10.3. The molecule has 0 amide bonds. The van der Waals surface area contributed by atoms with E-state index in [2.05, 4.69) is 141 Å². The topological polar surface area (TPSA) is 12.5 Å². The Balaban J connectivity index is 1.37. The van der Waals surface area contributed by atoms with E-state index < -0.39 is 5.60 Å². The summed E-state index contributed by atoms with van der Waals surface area (Å²) in [5.41, 5.74) is 9.93. The van der Waals surface area contributed by atoms with Crippen molar-refractivity contribution in [3.05, 3.63) is 154 Å². The van der Waals surface area contributed by atoms with Crippen molar-refractivity contribution >= 4 is 11.4 Å². The molecule has 0 radical (unpaired) electrons. The third-order valence-corrected chi connectivity index (χ3v) is 11.5. The minimum Gasteiger partial charge on any atom is -0.473 e. The van der Waals surface area contributed by atoms with E-state index in [1.54, 1.807) is 5.56 Å². The Bertz CT molecular complexity index is 1760. The molecule has 2 nitrogen and oxygen atoms in total. The first kappa shape index (κ1) is 27.5. The third kappa shape index (κ3) is 3.79. The second-order valence-electron chi connectivity index (χ2n) is 13.9. The summed E-state index contributed by atoms with van der Waals surface area (Å²) >= 11 is 0. The maximum atomic E-state index is 7.60. The Morgan fingerprint density at radius 2 is 1.23 bits per heavy atom. The first-order valence-electron chi connectivity index (χ1n) is 16.6. The third-order valence-electron chi connectivity index (χ3n) is 11.5. The lowest BCUT2D eigenvalue weighted by atomic mass is 9.55. The van der Waals surface area contributed by atoms with E-state index in [-0.39, 0.29) is 10.8 Å². The van der Waals surface area contributed by atoms with Crippen molar-refractivity contribution in [2.45, 2.75) is 68.3 Å². The quantitative estimate of drug-likeness (QED) is 0.240. The van der Waals surface area contributed by atoms with Crippen molar-refractivity contribution in [1.29, 1.82) is 0 Å². The number of rotatable bonds is 3. The molecule has 1 fully saturated rings. The Kier molecular flexibility index (Phi) is 6.42. The van der Waals surface area contributed by atoms with Crippen LogP contribution in [0.1, 0.15) is 85.3 Å². The van der Waals surface area contributed by atoms with Crippen LogP contribution in [0.4, 0.5) is 5.69 Å². The van der Waals surface area contributed by atoms with Gasteiger partial charge in [0.25, 0.3) is 0 Å². The lowest BCUT2D eigenvalue weighted by molar-refractivity contribution is 0.112. The van der Waals surface area contributed by atoms with Crippen LogP contribution in [0.2, 0.25) is 0 Å². The lowest BCUT2D eigenvalue weighted by Crippen LogP contribution is -2.46. The summed E-state index contributed by atoms with van der Waals surface area (Å²) in [6.45, 7) is 2.54. The molecule has 0 N–H and O–H groups in total. The molecule has 1 aliphatic heterocycles. The SMILES string of the molecule is CN(C)c1ccc(C2(c3ccccc3)C=CC3=C(O2)c2ccccc2C2(C)c4ccccc4C4(CCCCCCC4)C32)cc1. The minimum atomic E-state index is -0.717.